The molecule has 0 radical (unpaired) electrons. The Kier molecular flexibility index (Phi) is 30.0. The van der Waals surface area contributed by atoms with Gasteiger partial charge in [0.15, 0.2) is 24.1 Å². The Hall–Kier alpha value is -6.77. The van der Waals surface area contributed by atoms with Gasteiger partial charge in [-0.15, -0.1) is 22.7 Å². The third kappa shape index (κ3) is 22.5. The molecule has 0 aliphatic heterocycles. The van der Waals surface area contributed by atoms with E-state index < -0.39 is 23.3 Å². The summed E-state index contributed by atoms with van der Waals surface area (Å²) in [5.41, 5.74) is -0.870. The molecule has 0 unspecified atom stereocenters. The summed E-state index contributed by atoms with van der Waals surface area (Å²) in [6.45, 7) is 11.1. The van der Waals surface area contributed by atoms with Gasteiger partial charge in [0.25, 0.3) is 11.8 Å². The molecule has 0 saturated carbocycles. The highest BCUT2D eigenvalue weighted by molar-refractivity contribution is 7.25. The van der Waals surface area contributed by atoms with E-state index in [2.05, 4.69) is 20.4 Å². The predicted molar refractivity (Wildman–Crippen MR) is 340 cm³/mol. The van der Waals surface area contributed by atoms with Crippen LogP contribution in [0.4, 0.5) is 0 Å². The second-order valence-corrected chi connectivity index (χ2v) is 23.5. The van der Waals surface area contributed by atoms with Crippen LogP contribution in [-0.2, 0) is 52.4 Å². The van der Waals surface area contributed by atoms with Crippen molar-refractivity contribution in [1.82, 2.24) is 9.80 Å². The number of hydrogen-bond donors (Lipinski definition) is 0. The normalized spacial score (nSPS) is 11.5. The maximum Gasteiger partial charge on any atom is 0.330 e. The lowest BCUT2D eigenvalue weighted by atomic mass is 9.88. The van der Waals surface area contributed by atoms with Gasteiger partial charge in [-0.2, -0.15) is 0 Å². The van der Waals surface area contributed by atoms with E-state index in [-0.39, 0.29) is 121 Å². The highest BCUT2D eigenvalue weighted by Gasteiger charge is 2.30. The first kappa shape index (κ1) is 68.3. The SMILES string of the molecule is C=CC(=O)OCCOCC(CC)(COCCOC(=O)CCN(CCCCCCCC)C(=O)COc1ccc2sc3ccccc3c(=O)c2c1)COCCOC(=O)CCN(CCCCCCCC)C(=O)COc1ccc2sc3ccccc3c(=O)c2c1. The maximum absolute atomic E-state index is 13.6. The average molecular weight is 1220 g/mol. The molecule has 86 heavy (non-hydrogen) atoms. The number of fused-ring (bicyclic) bond motifs is 4. The van der Waals surface area contributed by atoms with Crippen molar-refractivity contribution in [2.24, 2.45) is 5.41 Å². The summed E-state index contributed by atoms with van der Waals surface area (Å²) in [7, 11) is 0. The highest BCUT2D eigenvalue weighted by Crippen LogP contribution is 2.30. The van der Waals surface area contributed by atoms with Crippen LogP contribution in [0.15, 0.2) is 107 Å². The molecule has 0 atom stereocenters. The maximum atomic E-state index is 13.6. The molecular formula is C67H86N2O15S2. The Morgan fingerprint density at radius 1 is 0.477 bits per heavy atom. The smallest absolute Gasteiger partial charge is 0.330 e. The molecule has 0 N–H and O–H groups in total. The van der Waals surface area contributed by atoms with E-state index in [0.29, 0.717) is 52.6 Å². The molecule has 17 nitrogen and oxygen atoms in total. The lowest BCUT2D eigenvalue weighted by molar-refractivity contribution is -0.147. The van der Waals surface area contributed by atoms with Gasteiger partial charge in [-0.1, -0.05) is 116 Å². The van der Waals surface area contributed by atoms with Crippen molar-refractivity contribution in [3.8, 4) is 11.5 Å². The van der Waals surface area contributed by atoms with Gasteiger partial charge in [0.1, 0.15) is 31.3 Å². The zero-order valence-electron chi connectivity index (χ0n) is 50.4. The van der Waals surface area contributed by atoms with Crippen LogP contribution in [0.3, 0.4) is 0 Å². The van der Waals surface area contributed by atoms with Gasteiger partial charge < -0.3 is 47.7 Å². The van der Waals surface area contributed by atoms with Crippen LogP contribution in [0.2, 0.25) is 0 Å². The number of hydrogen-bond acceptors (Lipinski definition) is 17. The molecule has 0 spiro atoms. The van der Waals surface area contributed by atoms with Crippen molar-refractivity contribution >= 4 is 92.7 Å². The van der Waals surface area contributed by atoms with E-state index in [4.69, 9.17) is 37.9 Å². The van der Waals surface area contributed by atoms with Gasteiger partial charge in [-0.05, 0) is 79.9 Å². The minimum atomic E-state index is -0.687. The summed E-state index contributed by atoms with van der Waals surface area (Å²) in [6, 6.07) is 25.5. The number of benzene rings is 4. The Balaban J connectivity index is 0.950. The fourth-order valence-electron chi connectivity index (χ4n) is 9.69. The summed E-state index contributed by atoms with van der Waals surface area (Å²) in [5.74, 6) is -1.28. The fraction of sp³-hybridized carbons (Fsp3) is 0.507. The Bertz CT molecular complexity index is 3060. The Labute approximate surface area is 512 Å². The van der Waals surface area contributed by atoms with E-state index in [9.17, 15) is 33.6 Å². The van der Waals surface area contributed by atoms with E-state index in [1.807, 2.05) is 55.5 Å². The Morgan fingerprint density at radius 3 is 1.29 bits per heavy atom. The first-order valence-corrected chi connectivity index (χ1v) is 32.1. The average Bonchev–Trinajstić information content (AvgIpc) is 1.44. The molecule has 0 aliphatic rings. The third-order valence-corrected chi connectivity index (χ3v) is 17.2. The van der Waals surface area contributed by atoms with E-state index in [1.165, 1.54) is 22.7 Å². The molecule has 0 saturated heterocycles. The van der Waals surface area contributed by atoms with Crippen LogP contribution in [0.1, 0.15) is 117 Å². The summed E-state index contributed by atoms with van der Waals surface area (Å²) in [6.07, 6.45) is 13.9. The number of rotatable bonds is 43. The molecular weight excluding hydrogens is 1140 g/mol. The predicted octanol–water partition coefficient (Wildman–Crippen LogP) is 12.0. The van der Waals surface area contributed by atoms with Crippen LogP contribution in [0, 0.1) is 5.41 Å². The molecule has 2 heterocycles. The molecule has 4 aromatic carbocycles. The van der Waals surface area contributed by atoms with E-state index >= 15 is 0 Å². The minimum absolute atomic E-state index is 0.0140. The number of nitrogens with zero attached hydrogens (tertiary/aromatic N) is 2. The van der Waals surface area contributed by atoms with Gasteiger partial charge in [0.05, 0.1) is 52.5 Å². The molecule has 19 heteroatoms. The van der Waals surface area contributed by atoms with Gasteiger partial charge >= 0.3 is 17.9 Å². The largest absolute Gasteiger partial charge is 0.484 e. The summed E-state index contributed by atoms with van der Waals surface area (Å²) >= 11 is 3.04. The molecule has 6 aromatic rings. The highest BCUT2D eigenvalue weighted by atomic mass is 32.1. The van der Waals surface area contributed by atoms with Crippen LogP contribution >= 0.6 is 22.7 Å². The van der Waals surface area contributed by atoms with E-state index in [0.717, 1.165) is 102 Å². The van der Waals surface area contributed by atoms with Crippen molar-refractivity contribution in [2.75, 3.05) is 98.9 Å². The van der Waals surface area contributed by atoms with Crippen molar-refractivity contribution in [3.63, 3.8) is 0 Å². The minimum Gasteiger partial charge on any atom is -0.484 e. The zero-order chi connectivity index (χ0) is 61.4. The molecule has 6 rings (SSSR count). The van der Waals surface area contributed by atoms with Crippen molar-refractivity contribution < 1.29 is 61.9 Å². The lowest BCUT2D eigenvalue weighted by Crippen LogP contribution is -2.38. The van der Waals surface area contributed by atoms with Gasteiger partial charge in [-0.25, -0.2) is 4.79 Å². The number of unbranched alkanes of at least 4 members (excludes halogenated alkanes) is 10. The molecule has 0 aliphatic carbocycles. The van der Waals surface area contributed by atoms with Crippen molar-refractivity contribution in [2.45, 2.75) is 117 Å². The number of carbonyl (C=O) groups excluding carboxylic acids is 5. The van der Waals surface area contributed by atoms with Crippen LogP contribution in [0.25, 0.3) is 40.3 Å². The van der Waals surface area contributed by atoms with Gasteiger partial charge in [-0.3, -0.25) is 28.8 Å². The van der Waals surface area contributed by atoms with Crippen LogP contribution in [0.5, 0.6) is 11.5 Å². The second kappa shape index (κ2) is 37.7. The molecule has 2 amide bonds. The summed E-state index contributed by atoms with van der Waals surface area (Å²) < 4.78 is 49.6. The number of carbonyl (C=O) groups is 5. The fourth-order valence-corrected chi connectivity index (χ4v) is 11.8. The molecule has 466 valence electrons. The first-order valence-electron chi connectivity index (χ1n) is 30.4. The zero-order valence-corrected chi connectivity index (χ0v) is 52.0. The third-order valence-electron chi connectivity index (χ3n) is 14.9. The molecule has 0 bridgehead atoms. The number of esters is 3. The monoisotopic (exact) mass is 1220 g/mol. The molecule has 2 aromatic heterocycles. The van der Waals surface area contributed by atoms with Crippen LogP contribution in [-0.4, -0.2) is 138 Å². The summed E-state index contributed by atoms with van der Waals surface area (Å²) in [5, 5.41) is 2.32. The summed E-state index contributed by atoms with van der Waals surface area (Å²) in [4.78, 5) is 95.0. The molecule has 0 fully saturated rings. The van der Waals surface area contributed by atoms with Crippen LogP contribution < -0.4 is 20.3 Å². The Morgan fingerprint density at radius 2 is 0.872 bits per heavy atom. The van der Waals surface area contributed by atoms with Gasteiger partial charge in [0, 0.05) is 78.0 Å². The first-order chi connectivity index (χ1) is 41.9. The van der Waals surface area contributed by atoms with Gasteiger partial charge in [0.2, 0.25) is 0 Å². The van der Waals surface area contributed by atoms with E-state index in [1.54, 1.807) is 46.2 Å². The number of amides is 2. The number of ether oxygens (including phenoxy) is 8. The lowest BCUT2D eigenvalue weighted by Gasteiger charge is -2.32. The van der Waals surface area contributed by atoms with Crippen molar-refractivity contribution in [3.05, 3.63) is 118 Å². The topological polar surface area (TPSA) is 200 Å². The quantitative estimate of drug-likeness (QED) is 0.0115. The van der Waals surface area contributed by atoms with Crippen molar-refractivity contribution in [1.29, 1.82) is 0 Å². The standard InChI is InChI=1S/C67H86N2O15S2/c1-5-9-11-13-15-21-33-68(60(70)45-83-50-27-29-58-54(43-50)65(75)52-23-17-19-25-56(52)85-58)35-31-63(73)81-41-38-78-48-67(8-4,47-77-37-40-80-62(72)7-3)49-79-39-42-82-64(74)32-36-69(34-22-16-14-12-10-6-2)61(71)46-84-51-28-30-59-55(44-51)66(76)53-24-18-20-26-57(53)86-59/h7,17-20,23-30,43-44H,3,5-6,8-16,21-22,31-42,45-49H2,1-2,4H3. The second-order valence-electron chi connectivity index (χ2n) is 21.4.